The predicted octanol–water partition coefficient (Wildman–Crippen LogP) is 5.75. The van der Waals surface area contributed by atoms with E-state index in [4.69, 9.17) is 4.74 Å². The van der Waals surface area contributed by atoms with Gasteiger partial charge in [-0.1, -0.05) is 24.3 Å². The molecule has 4 bridgehead atoms. The van der Waals surface area contributed by atoms with E-state index in [0.717, 1.165) is 48.3 Å². The number of amides is 2. The molecule has 2 aromatic carbocycles. The summed E-state index contributed by atoms with van der Waals surface area (Å²) in [6.07, 6.45) is 8.94. The zero-order chi connectivity index (χ0) is 25.2. The average Bonchev–Trinajstić information content (AvgIpc) is 2.91. The lowest BCUT2D eigenvalue weighted by Gasteiger charge is -2.55. The van der Waals surface area contributed by atoms with Gasteiger partial charge in [0.2, 0.25) is 5.91 Å². The molecule has 4 aliphatic carbocycles. The molecule has 4 fully saturated rings. The molecule has 6 nitrogen and oxygen atoms in total. The van der Waals surface area contributed by atoms with Crippen molar-refractivity contribution in [3.05, 3.63) is 89.7 Å². The topological polar surface area (TPSA) is 80.3 Å². The van der Waals surface area contributed by atoms with Gasteiger partial charge in [0.1, 0.15) is 12.4 Å². The first kappa shape index (κ1) is 23.7. The summed E-state index contributed by atoms with van der Waals surface area (Å²) in [6, 6.07) is 20.5. The summed E-state index contributed by atoms with van der Waals surface area (Å²) < 4.78 is 5.81. The van der Waals surface area contributed by atoms with E-state index in [9.17, 15) is 9.59 Å². The first-order chi connectivity index (χ1) is 18.0. The Balaban J connectivity index is 1.02. The second-order valence-electron chi connectivity index (χ2n) is 11.2. The van der Waals surface area contributed by atoms with E-state index in [1.54, 1.807) is 12.3 Å². The monoisotopic (exact) mass is 495 g/mol. The highest BCUT2D eigenvalue weighted by molar-refractivity contribution is 6.04. The molecule has 0 aliphatic heterocycles. The maximum atomic E-state index is 13.2. The first-order valence-electron chi connectivity index (χ1n) is 13.4. The number of carbonyl (C=O) groups excluding carboxylic acids is 2. The summed E-state index contributed by atoms with van der Waals surface area (Å²) in [7, 11) is 0. The fraction of sp³-hybridized carbons (Fsp3) is 0.387. The van der Waals surface area contributed by atoms with Crippen LogP contribution in [0.3, 0.4) is 0 Å². The third kappa shape index (κ3) is 5.24. The Bertz CT molecular complexity index is 1240. The zero-order valence-corrected chi connectivity index (χ0v) is 21.0. The minimum Gasteiger partial charge on any atom is -0.487 e. The third-order valence-corrected chi connectivity index (χ3v) is 8.39. The molecular weight excluding hydrogens is 462 g/mol. The molecule has 2 amide bonds. The lowest BCUT2D eigenvalue weighted by atomic mass is 9.49. The molecule has 4 aliphatic rings. The van der Waals surface area contributed by atoms with E-state index in [1.165, 1.54) is 19.3 Å². The number of hydrogen-bond donors (Lipinski definition) is 2. The number of pyridine rings is 1. The quantitative estimate of drug-likeness (QED) is 0.417. The summed E-state index contributed by atoms with van der Waals surface area (Å²) in [6.45, 7) is 0.858. The highest BCUT2D eigenvalue weighted by atomic mass is 16.5. The molecule has 0 radical (unpaired) electrons. The standard InChI is InChI=1S/C31H33N3O3/c35-29(34-26-5-3-6-28(15-26)37-20-27-4-1-2-11-32-27)25-9-7-21(8-10-25)19-33-30(36)31-16-22-12-23(17-31)14-24(13-22)18-31/h1-11,15,22-24H,12-14,16-20H2,(H,33,36)(H,34,35). The number of benzene rings is 2. The summed E-state index contributed by atoms with van der Waals surface area (Å²) >= 11 is 0. The number of anilines is 1. The van der Waals surface area contributed by atoms with Gasteiger partial charge in [-0.3, -0.25) is 14.6 Å². The molecule has 1 aromatic heterocycles. The maximum absolute atomic E-state index is 13.2. The minimum atomic E-state index is -0.189. The summed E-state index contributed by atoms with van der Waals surface area (Å²) in [5, 5.41) is 6.15. The average molecular weight is 496 g/mol. The van der Waals surface area contributed by atoms with Crippen molar-refractivity contribution in [1.29, 1.82) is 0 Å². The van der Waals surface area contributed by atoms with Gasteiger partial charge in [0.15, 0.2) is 0 Å². The van der Waals surface area contributed by atoms with Crippen molar-refractivity contribution in [2.75, 3.05) is 5.32 Å². The highest BCUT2D eigenvalue weighted by Gasteiger charge is 2.54. The van der Waals surface area contributed by atoms with Gasteiger partial charge in [-0.2, -0.15) is 0 Å². The smallest absolute Gasteiger partial charge is 0.255 e. The maximum Gasteiger partial charge on any atom is 0.255 e. The number of carbonyl (C=O) groups is 2. The fourth-order valence-electron chi connectivity index (χ4n) is 7.04. The number of ether oxygens (including phenoxy) is 1. The molecule has 190 valence electrons. The van der Waals surface area contributed by atoms with Crippen LogP contribution in [-0.2, 0) is 17.9 Å². The Morgan fingerprint density at radius 2 is 1.62 bits per heavy atom. The number of aromatic nitrogens is 1. The third-order valence-electron chi connectivity index (χ3n) is 8.39. The lowest BCUT2D eigenvalue weighted by Crippen LogP contribution is -2.53. The van der Waals surface area contributed by atoms with Gasteiger partial charge in [0.25, 0.3) is 5.91 Å². The van der Waals surface area contributed by atoms with Crippen LogP contribution in [0.5, 0.6) is 5.75 Å². The van der Waals surface area contributed by atoms with Crippen LogP contribution in [0.4, 0.5) is 5.69 Å². The number of nitrogens with zero attached hydrogens (tertiary/aromatic N) is 1. The SMILES string of the molecule is O=C(Nc1cccc(OCc2ccccn2)c1)c1ccc(CNC(=O)C23CC4CC(CC(C4)C2)C3)cc1. The Kier molecular flexibility index (Phi) is 6.41. The van der Waals surface area contributed by atoms with Gasteiger partial charge in [-0.15, -0.1) is 0 Å². The number of rotatable bonds is 8. The largest absolute Gasteiger partial charge is 0.487 e. The summed E-state index contributed by atoms with van der Waals surface area (Å²) in [5.74, 6) is 2.96. The van der Waals surface area contributed by atoms with Crippen LogP contribution in [0, 0.1) is 23.2 Å². The van der Waals surface area contributed by atoms with Crippen molar-refractivity contribution >= 4 is 17.5 Å². The van der Waals surface area contributed by atoms with Crippen LogP contribution in [0.1, 0.15) is 60.1 Å². The molecule has 4 saturated carbocycles. The van der Waals surface area contributed by atoms with Crippen molar-refractivity contribution in [3.8, 4) is 5.75 Å². The molecule has 0 saturated heterocycles. The van der Waals surface area contributed by atoms with Crippen LogP contribution < -0.4 is 15.4 Å². The zero-order valence-electron chi connectivity index (χ0n) is 21.0. The van der Waals surface area contributed by atoms with E-state index in [1.807, 2.05) is 60.7 Å². The molecule has 0 spiro atoms. The molecule has 2 N–H and O–H groups in total. The van der Waals surface area contributed by atoms with Crippen molar-refractivity contribution in [2.24, 2.45) is 23.2 Å². The molecule has 7 rings (SSSR count). The molecule has 0 unspecified atom stereocenters. The van der Waals surface area contributed by atoms with Crippen LogP contribution in [-0.4, -0.2) is 16.8 Å². The van der Waals surface area contributed by atoms with Gasteiger partial charge in [0, 0.05) is 35.5 Å². The second kappa shape index (κ2) is 10.0. The Morgan fingerprint density at radius 1 is 0.892 bits per heavy atom. The lowest BCUT2D eigenvalue weighted by molar-refractivity contribution is -0.146. The fourth-order valence-corrected chi connectivity index (χ4v) is 7.04. The Labute approximate surface area is 217 Å². The van der Waals surface area contributed by atoms with Crippen molar-refractivity contribution < 1.29 is 14.3 Å². The van der Waals surface area contributed by atoms with Gasteiger partial charge in [0.05, 0.1) is 5.69 Å². The second-order valence-corrected chi connectivity index (χ2v) is 11.2. The van der Waals surface area contributed by atoms with Crippen LogP contribution >= 0.6 is 0 Å². The van der Waals surface area contributed by atoms with Gasteiger partial charge < -0.3 is 15.4 Å². The first-order valence-corrected chi connectivity index (χ1v) is 13.4. The van der Waals surface area contributed by atoms with Gasteiger partial charge >= 0.3 is 0 Å². The van der Waals surface area contributed by atoms with Gasteiger partial charge in [-0.05, 0) is 98.2 Å². The molecule has 1 heterocycles. The highest BCUT2D eigenvalue weighted by Crippen LogP contribution is 2.60. The molecule has 3 aromatic rings. The van der Waals surface area contributed by atoms with E-state index in [0.29, 0.717) is 30.2 Å². The number of nitrogens with one attached hydrogen (secondary N) is 2. The molecular formula is C31H33N3O3. The van der Waals surface area contributed by atoms with E-state index in [2.05, 4.69) is 15.6 Å². The summed E-state index contributed by atoms with van der Waals surface area (Å²) in [5.41, 5.74) is 2.93. The van der Waals surface area contributed by atoms with Crippen LogP contribution in [0.2, 0.25) is 0 Å². The molecule has 0 atom stereocenters. The van der Waals surface area contributed by atoms with E-state index in [-0.39, 0.29) is 17.2 Å². The Morgan fingerprint density at radius 3 is 2.30 bits per heavy atom. The number of hydrogen-bond acceptors (Lipinski definition) is 4. The Hall–Kier alpha value is -3.67. The van der Waals surface area contributed by atoms with Crippen molar-refractivity contribution in [2.45, 2.75) is 51.7 Å². The van der Waals surface area contributed by atoms with Crippen molar-refractivity contribution in [1.82, 2.24) is 10.3 Å². The van der Waals surface area contributed by atoms with Gasteiger partial charge in [-0.25, -0.2) is 0 Å². The normalized spacial score (nSPS) is 25.5. The molecule has 37 heavy (non-hydrogen) atoms. The van der Waals surface area contributed by atoms with Crippen LogP contribution in [0.25, 0.3) is 0 Å². The molecule has 6 heteroatoms. The minimum absolute atomic E-state index is 0.134. The van der Waals surface area contributed by atoms with E-state index >= 15 is 0 Å². The van der Waals surface area contributed by atoms with Crippen LogP contribution in [0.15, 0.2) is 72.9 Å². The van der Waals surface area contributed by atoms with Crippen molar-refractivity contribution in [3.63, 3.8) is 0 Å². The van der Waals surface area contributed by atoms with E-state index < -0.39 is 0 Å². The summed E-state index contributed by atoms with van der Waals surface area (Å²) in [4.78, 5) is 30.3. The predicted molar refractivity (Wildman–Crippen MR) is 142 cm³/mol.